The highest BCUT2D eigenvalue weighted by Crippen LogP contribution is 2.39. The molecule has 36 heavy (non-hydrogen) atoms. The predicted molar refractivity (Wildman–Crippen MR) is 131 cm³/mol. The van der Waals surface area contributed by atoms with E-state index in [1.54, 1.807) is 56.9 Å². The van der Waals surface area contributed by atoms with Gasteiger partial charge >= 0.3 is 6.18 Å². The number of nitrogens with zero attached hydrogens (tertiary/aromatic N) is 5. The van der Waals surface area contributed by atoms with Gasteiger partial charge in [0.15, 0.2) is 5.65 Å². The number of nitrogens with one attached hydrogen (secondary N) is 1. The lowest BCUT2D eigenvalue weighted by Gasteiger charge is -2.27. The molecule has 13 heteroatoms. The molecule has 2 aromatic heterocycles. The van der Waals surface area contributed by atoms with Crippen LogP contribution in [0.4, 0.5) is 24.5 Å². The Kier molecular flexibility index (Phi) is 6.89. The Morgan fingerprint density at radius 1 is 1.08 bits per heavy atom. The summed E-state index contributed by atoms with van der Waals surface area (Å²) in [6, 6.07) is 11.0. The summed E-state index contributed by atoms with van der Waals surface area (Å²) in [5.74, 6) is 1.16. The fourth-order valence-electron chi connectivity index (χ4n) is 3.69. The third-order valence-corrected chi connectivity index (χ3v) is 6.19. The molecule has 0 saturated heterocycles. The van der Waals surface area contributed by atoms with E-state index >= 15 is 0 Å². The maximum atomic E-state index is 13.0. The molecule has 0 aliphatic heterocycles. The molecule has 2 heterocycles. The van der Waals surface area contributed by atoms with Crippen molar-refractivity contribution in [3.05, 3.63) is 66.1 Å². The molecule has 2 aromatic carbocycles. The van der Waals surface area contributed by atoms with E-state index < -0.39 is 23.0 Å². The first-order valence-electron chi connectivity index (χ1n) is 10.6. The summed E-state index contributed by atoms with van der Waals surface area (Å²) in [4.78, 5) is 0. The quantitative estimate of drug-likeness (QED) is 0.262. The normalized spacial score (nSPS) is 12.7. The number of hydrazine groups is 1. The SMILES string of the molecule is CNc1cc(-c2cc(N(N(C)C)S(=O)O)ccc2Oc2ccc(C(F)(F)F)cc2)cn2c(C)nnc12. The van der Waals surface area contributed by atoms with Gasteiger partial charge in [-0.05, 0) is 55.5 Å². The predicted octanol–water partition coefficient (Wildman–Crippen LogP) is 4.98. The molecular weight excluding hydrogens is 497 g/mol. The van der Waals surface area contributed by atoms with E-state index in [0.717, 1.165) is 16.5 Å². The van der Waals surface area contributed by atoms with Gasteiger partial charge in [0, 0.05) is 38.5 Å². The second kappa shape index (κ2) is 9.76. The molecule has 0 amide bonds. The smallest absolute Gasteiger partial charge is 0.416 e. The summed E-state index contributed by atoms with van der Waals surface area (Å²) in [6.07, 6.45) is -2.67. The monoisotopic (exact) mass is 520 g/mol. The van der Waals surface area contributed by atoms with Gasteiger partial charge in [-0.3, -0.25) is 8.95 Å². The van der Waals surface area contributed by atoms with Gasteiger partial charge in [0.05, 0.1) is 16.9 Å². The van der Waals surface area contributed by atoms with Gasteiger partial charge in [-0.15, -0.1) is 10.2 Å². The van der Waals surface area contributed by atoms with Crippen LogP contribution < -0.4 is 14.5 Å². The number of aromatic nitrogens is 3. The first kappa shape index (κ1) is 25.4. The summed E-state index contributed by atoms with van der Waals surface area (Å²) in [5.41, 5.74) is 2.06. The second-order valence-electron chi connectivity index (χ2n) is 7.99. The van der Waals surface area contributed by atoms with Gasteiger partial charge < -0.3 is 10.1 Å². The van der Waals surface area contributed by atoms with Crippen molar-refractivity contribution in [1.29, 1.82) is 0 Å². The van der Waals surface area contributed by atoms with Crippen molar-refractivity contribution < 1.29 is 26.7 Å². The average molecular weight is 521 g/mol. The third kappa shape index (κ3) is 4.98. The molecule has 4 rings (SSSR count). The highest BCUT2D eigenvalue weighted by atomic mass is 32.2. The molecule has 0 fully saturated rings. The molecule has 0 aliphatic rings. The van der Waals surface area contributed by atoms with Crippen LogP contribution in [-0.2, 0) is 17.4 Å². The summed E-state index contributed by atoms with van der Waals surface area (Å²) in [5, 5.41) is 12.8. The van der Waals surface area contributed by atoms with Crippen molar-refractivity contribution in [3.8, 4) is 22.6 Å². The Morgan fingerprint density at radius 2 is 1.78 bits per heavy atom. The zero-order valence-electron chi connectivity index (χ0n) is 19.7. The first-order valence-corrected chi connectivity index (χ1v) is 11.7. The molecule has 0 radical (unpaired) electrons. The highest BCUT2D eigenvalue weighted by molar-refractivity contribution is 7.80. The molecule has 1 unspecified atom stereocenters. The molecule has 1 atom stereocenters. The fraction of sp³-hybridized carbons (Fsp3) is 0.217. The molecule has 0 aliphatic carbocycles. The maximum absolute atomic E-state index is 13.0. The van der Waals surface area contributed by atoms with Crippen molar-refractivity contribution >= 4 is 28.3 Å². The zero-order chi connectivity index (χ0) is 26.2. The molecule has 0 spiro atoms. The number of hydrogen-bond acceptors (Lipinski definition) is 6. The van der Waals surface area contributed by atoms with Crippen LogP contribution in [-0.4, -0.2) is 49.5 Å². The van der Waals surface area contributed by atoms with E-state index in [2.05, 4.69) is 15.5 Å². The lowest BCUT2D eigenvalue weighted by molar-refractivity contribution is -0.137. The van der Waals surface area contributed by atoms with E-state index in [4.69, 9.17) is 4.74 Å². The lowest BCUT2D eigenvalue weighted by atomic mass is 10.0. The first-order chi connectivity index (χ1) is 17.0. The lowest BCUT2D eigenvalue weighted by Crippen LogP contribution is -2.38. The topological polar surface area (TPSA) is 95.2 Å². The summed E-state index contributed by atoms with van der Waals surface area (Å²) < 4.78 is 69.7. The number of alkyl halides is 3. The standard InChI is InChI=1S/C23H23F3N6O3S/c1-14-28-29-22-20(27-2)11-15(13-31(14)22)19-12-17(32(30(3)4)36(33)34)7-10-21(19)35-18-8-5-16(6-9-18)23(24,25)26/h5-13,27H,1-4H3,(H,33,34). The van der Waals surface area contributed by atoms with Gasteiger partial charge in [0.1, 0.15) is 17.3 Å². The molecular formula is C23H23F3N6O3S. The number of aryl methyl sites for hydroxylation is 1. The Morgan fingerprint density at radius 3 is 2.36 bits per heavy atom. The summed E-state index contributed by atoms with van der Waals surface area (Å²) in [6.45, 7) is 1.79. The van der Waals surface area contributed by atoms with E-state index in [1.807, 2.05) is 6.07 Å². The zero-order valence-corrected chi connectivity index (χ0v) is 20.6. The van der Waals surface area contributed by atoms with Crippen LogP contribution in [0.1, 0.15) is 11.4 Å². The molecule has 4 aromatic rings. The number of fused-ring (bicyclic) bond motifs is 1. The van der Waals surface area contributed by atoms with Crippen LogP contribution in [0.2, 0.25) is 0 Å². The second-order valence-corrected chi connectivity index (χ2v) is 8.80. The maximum Gasteiger partial charge on any atom is 0.416 e. The van der Waals surface area contributed by atoms with Crippen molar-refractivity contribution in [1.82, 2.24) is 19.6 Å². The molecule has 9 nitrogen and oxygen atoms in total. The third-order valence-electron chi connectivity index (χ3n) is 5.36. The summed E-state index contributed by atoms with van der Waals surface area (Å²) >= 11 is -2.36. The summed E-state index contributed by atoms with van der Waals surface area (Å²) in [7, 11) is 4.97. The van der Waals surface area contributed by atoms with Gasteiger partial charge in [0.2, 0.25) is 0 Å². The van der Waals surface area contributed by atoms with E-state index in [-0.39, 0.29) is 5.75 Å². The van der Waals surface area contributed by atoms with Crippen molar-refractivity contribution in [3.63, 3.8) is 0 Å². The molecule has 0 bridgehead atoms. The molecule has 0 saturated carbocycles. The van der Waals surface area contributed by atoms with E-state index in [1.165, 1.54) is 17.1 Å². The fourth-order valence-corrected chi connectivity index (χ4v) is 4.26. The number of rotatable bonds is 7. The molecule has 190 valence electrons. The number of hydrogen-bond donors (Lipinski definition) is 2. The van der Waals surface area contributed by atoms with E-state index in [0.29, 0.717) is 39.7 Å². The number of pyridine rings is 1. The molecule has 2 N–H and O–H groups in total. The number of ether oxygens (including phenoxy) is 1. The number of halogens is 3. The Hall–Kier alpha value is -3.68. The van der Waals surface area contributed by atoms with Crippen molar-refractivity contribution in [2.75, 3.05) is 30.9 Å². The van der Waals surface area contributed by atoms with Crippen molar-refractivity contribution in [2.24, 2.45) is 0 Å². The van der Waals surface area contributed by atoms with Crippen LogP contribution in [0.25, 0.3) is 16.8 Å². The van der Waals surface area contributed by atoms with Gasteiger partial charge in [-0.1, -0.05) is 0 Å². The Bertz CT molecular complexity index is 1420. The van der Waals surface area contributed by atoms with Crippen LogP contribution in [0, 0.1) is 6.92 Å². The van der Waals surface area contributed by atoms with E-state index in [9.17, 15) is 21.9 Å². The average Bonchev–Trinajstić information content (AvgIpc) is 3.19. The number of anilines is 2. The van der Waals surface area contributed by atoms with Crippen LogP contribution in [0.5, 0.6) is 11.5 Å². The largest absolute Gasteiger partial charge is 0.457 e. The highest BCUT2D eigenvalue weighted by Gasteiger charge is 2.30. The Labute approximate surface area is 207 Å². The van der Waals surface area contributed by atoms with Gasteiger partial charge in [0.25, 0.3) is 11.3 Å². The van der Waals surface area contributed by atoms with Gasteiger partial charge in [-0.2, -0.15) is 17.6 Å². The van der Waals surface area contributed by atoms with Crippen LogP contribution in [0.15, 0.2) is 54.7 Å². The minimum Gasteiger partial charge on any atom is -0.457 e. The number of benzene rings is 2. The van der Waals surface area contributed by atoms with Gasteiger partial charge in [-0.25, -0.2) is 9.22 Å². The minimum atomic E-state index is -4.46. The Balaban J connectivity index is 1.87. The van der Waals surface area contributed by atoms with Crippen molar-refractivity contribution in [2.45, 2.75) is 13.1 Å². The van der Waals surface area contributed by atoms with Crippen LogP contribution in [0.3, 0.4) is 0 Å². The van der Waals surface area contributed by atoms with Crippen LogP contribution >= 0.6 is 0 Å². The minimum absolute atomic E-state index is 0.197.